The van der Waals surface area contributed by atoms with E-state index >= 15 is 0 Å². The number of benzene rings is 3. The van der Waals surface area contributed by atoms with Crippen molar-refractivity contribution in [3.05, 3.63) is 105 Å². The van der Waals surface area contributed by atoms with Gasteiger partial charge in [-0.1, -0.05) is 42.0 Å². The van der Waals surface area contributed by atoms with Crippen LogP contribution >= 0.6 is 0 Å². The first-order valence-electron chi connectivity index (χ1n) is 9.56. The highest BCUT2D eigenvalue weighted by Crippen LogP contribution is 2.24. The number of pyridine rings is 1. The van der Waals surface area contributed by atoms with Crippen molar-refractivity contribution in [3.8, 4) is 0 Å². The van der Waals surface area contributed by atoms with Gasteiger partial charge in [-0.2, -0.15) is 0 Å². The van der Waals surface area contributed by atoms with Crippen molar-refractivity contribution in [2.24, 2.45) is 0 Å². The lowest BCUT2D eigenvalue weighted by molar-refractivity contribution is 0.510. The minimum Gasteiger partial charge on any atom is -0.341 e. The lowest BCUT2D eigenvalue weighted by Crippen LogP contribution is -2.20. The van der Waals surface area contributed by atoms with Crippen molar-refractivity contribution in [1.82, 2.24) is 4.57 Å². The average Bonchev–Trinajstić information content (AvgIpc) is 2.73. The molecule has 1 heterocycles. The Morgan fingerprint density at radius 3 is 2.23 bits per heavy atom. The molecule has 7 heteroatoms. The Hall–Kier alpha value is -3.32. The smallest absolute Gasteiger partial charge is 0.211 e. The summed E-state index contributed by atoms with van der Waals surface area (Å²) in [5.41, 5.74) is 1.83. The van der Waals surface area contributed by atoms with E-state index in [0.29, 0.717) is 0 Å². The largest absolute Gasteiger partial charge is 0.341 e. The number of hydrogen-bond donors (Lipinski definition) is 0. The summed E-state index contributed by atoms with van der Waals surface area (Å²) in [7, 11) is -4.18. The normalized spacial score (nSPS) is 11.7. The average molecular weight is 439 g/mol. The molecule has 0 saturated carbocycles. The quantitative estimate of drug-likeness (QED) is 0.460. The van der Waals surface area contributed by atoms with Crippen LogP contribution in [0.2, 0.25) is 0 Å². The van der Waals surface area contributed by atoms with E-state index in [1.165, 1.54) is 22.9 Å². The lowest BCUT2D eigenvalue weighted by Gasteiger charge is -2.15. The van der Waals surface area contributed by atoms with Gasteiger partial charge in [0, 0.05) is 18.8 Å². The molecule has 0 bridgehead atoms. The van der Waals surface area contributed by atoms with Crippen LogP contribution in [-0.2, 0) is 16.4 Å². The Morgan fingerprint density at radius 2 is 1.55 bits per heavy atom. The monoisotopic (exact) mass is 439 g/mol. The maximum atomic E-state index is 14.0. The molecule has 4 rings (SSSR count). The molecule has 0 saturated heterocycles. The molecule has 4 aromatic rings. The summed E-state index contributed by atoms with van der Waals surface area (Å²) in [5, 5.41) is -0.195. The van der Waals surface area contributed by atoms with Crippen molar-refractivity contribution in [3.63, 3.8) is 0 Å². The van der Waals surface area contributed by atoms with E-state index in [9.17, 15) is 22.0 Å². The van der Waals surface area contributed by atoms with E-state index in [1.54, 1.807) is 19.1 Å². The number of rotatable bonds is 4. The number of aryl methyl sites for hydroxylation is 2. The van der Waals surface area contributed by atoms with Crippen molar-refractivity contribution < 1.29 is 17.2 Å². The molecule has 0 N–H and O–H groups in total. The van der Waals surface area contributed by atoms with Crippen molar-refractivity contribution in [1.29, 1.82) is 0 Å². The number of halogens is 2. The summed E-state index contributed by atoms with van der Waals surface area (Å²) in [6, 6.07) is 15.4. The van der Waals surface area contributed by atoms with Gasteiger partial charge in [-0.25, -0.2) is 17.2 Å². The molecule has 158 valence electrons. The molecule has 0 radical (unpaired) electrons. The summed E-state index contributed by atoms with van der Waals surface area (Å²) in [6.07, 6.45) is 1.21. The zero-order chi connectivity index (χ0) is 22.3. The third-order valence-corrected chi connectivity index (χ3v) is 6.90. The Morgan fingerprint density at radius 1 is 0.871 bits per heavy atom. The third kappa shape index (κ3) is 3.88. The van der Waals surface area contributed by atoms with Crippen molar-refractivity contribution >= 4 is 20.7 Å². The lowest BCUT2D eigenvalue weighted by atomic mass is 10.1. The summed E-state index contributed by atoms with van der Waals surface area (Å²) >= 11 is 0. The van der Waals surface area contributed by atoms with E-state index in [0.717, 1.165) is 28.8 Å². The van der Waals surface area contributed by atoms with Gasteiger partial charge in [-0.15, -0.1) is 0 Å². The molecule has 0 aliphatic heterocycles. The highest BCUT2D eigenvalue weighted by Gasteiger charge is 2.25. The molecule has 0 amide bonds. The molecule has 0 aliphatic carbocycles. The minimum atomic E-state index is -4.18. The maximum absolute atomic E-state index is 14.0. The Balaban J connectivity index is 2.00. The molecule has 4 nitrogen and oxygen atoms in total. The summed E-state index contributed by atoms with van der Waals surface area (Å²) in [4.78, 5) is 12.5. The number of hydrogen-bond acceptors (Lipinski definition) is 3. The Kier molecular flexibility index (Phi) is 5.23. The standard InChI is InChI=1S/C24H19F2NO3S/c1-15-6-8-17(9-7-15)13-27-14-23(31(29,30)18-5-3-4-16(2)10-18)24(28)19-11-20(25)21(26)12-22(19)27/h3-12,14H,13H2,1-2H3. The molecular formula is C24H19F2NO3S. The highest BCUT2D eigenvalue weighted by atomic mass is 32.2. The molecule has 0 spiro atoms. The molecule has 31 heavy (non-hydrogen) atoms. The molecule has 1 aromatic heterocycles. The van der Waals surface area contributed by atoms with Gasteiger partial charge in [0.1, 0.15) is 4.90 Å². The van der Waals surface area contributed by atoms with Gasteiger partial charge in [0.25, 0.3) is 0 Å². The first-order chi connectivity index (χ1) is 14.7. The van der Waals surface area contributed by atoms with E-state index in [4.69, 9.17) is 0 Å². The second-order valence-corrected chi connectivity index (χ2v) is 9.46. The fourth-order valence-corrected chi connectivity index (χ4v) is 4.95. The van der Waals surface area contributed by atoms with Crippen LogP contribution in [0.15, 0.2) is 81.4 Å². The zero-order valence-electron chi connectivity index (χ0n) is 16.9. The van der Waals surface area contributed by atoms with Crippen LogP contribution in [0.3, 0.4) is 0 Å². The fraction of sp³-hybridized carbons (Fsp3) is 0.125. The van der Waals surface area contributed by atoms with Crippen LogP contribution in [0.25, 0.3) is 10.9 Å². The summed E-state index contributed by atoms with van der Waals surface area (Å²) in [6.45, 7) is 3.86. The minimum absolute atomic E-state index is 0.0339. The fourth-order valence-electron chi connectivity index (χ4n) is 3.48. The van der Waals surface area contributed by atoms with Crippen molar-refractivity contribution in [2.75, 3.05) is 0 Å². The van der Waals surface area contributed by atoms with Crippen LogP contribution in [0.1, 0.15) is 16.7 Å². The topological polar surface area (TPSA) is 56.1 Å². The van der Waals surface area contributed by atoms with Gasteiger partial charge >= 0.3 is 0 Å². The van der Waals surface area contributed by atoms with E-state index in [1.807, 2.05) is 31.2 Å². The number of aromatic nitrogens is 1. The third-order valence-electron chi connectivity index (χ3n) is 5.15. The van der Waals surface area contributed by atoms with E-state index in [-0.39, 0.29) is 22.3 Å². The summed E-state index contributed by atoms with van der Waals surface area (Å²) in [5.74, 6) is -2.32. The Labute approximate surface area is 178 Å². The molecular weight excluding hydrogens is 420 g/mol. The van der Waals surface area contributed by atoms with Crippen molar-refractivity contribution in [2.45, 2.75) is 30.2 Å². The van der Waals surface area contributed by atoms with Gasteiger partial charge in [-0.05, 0) is 43.2 Å². The number of fused-ring (bicyclic) bond motifs is 1. The number of nitrogens with zero attached hydrogens (tertiary/aromatic N) is 1. The molecule has 0 atom stereocenters. The first-order valence-corrected chi connectivity index (χ1v) is 11.0. The van der Waals surface area contributed by atoms with Crippen LogP contribution in [0.4, 0.5) is 8.78 Å². The second kappa shape index (κ2) is 7.74. The predicted molar refractivity (Wildman–Crippen MR) is 115 cm³/mol. The van der Waals surface area contributed by atoms with Crippen LogP contribution in [-0.4, -0.2) is 13.0 Å². The van der Waals surface area contributed by atoms with Gasteiger partial charge in [0.2, 0.25) is 15.3 Å². The van der Waals surface area contributed by atoms with Crippen LogP contribution < -0.4 is 5.43 Å². The molecule has 3 aromatic carbocycles. The van der Waals surface area contributed by atoms with Gasteiger partial charge in [-0.3, -0.25) is 4.79 Å². The zero-order valence-corrected chi connectivity index (χ0v) is 17.7. The molecule has 0 aliphatic rings. The molecule has 0 unspecified atom stereocenters. The number of sulfone groups is 1. The maximum Gasteiger partial charge on any atom is 0.211 e. The highest BCUT2D eigenvalue weighted by molar-refractivity contribution is 7.91. The molecule has 0 fully saturated rings. The van der Waals surface area contributed by atoms with E-state index in [2.05, 4.69) is 0 Å². The first kappa shape index (κ1) is 20.9. The van der Waals surface area contributed by atoms with Gasteiger partial charge in [0.05, 0.1) is 15.8 Å². The van der Waals surface area contributed by atoms with Crippen LogP contribution in [0, 0.1) is 25.5 Å². The van der Waals surface area contributed by atoms with Gasteiger partial charge < -0.3 is 4.57 Å². The predicted octanol–water partition coefficient (Wildman–Crippen LogP) is 4.78. The second-order valence-electron chi connectivity index (χ2n) is 7.54. The van der Waals surface area contributed by atoms with E-state index < -0.39 is 31.8 Å². The van der Waals surface area contributed by atoms with Crippen LogP contribution in [0.5, 0.6) is 0 Å². The SMILES string of the molecule is Cc1ccc(Cn2cc(S(=O)(=O)c3cccc(C)c3)c(=O)c3cc(F)c(F)cc32)cc1. The summed E-state index contributed by atoms with van der Waals surface area (Å²) < 4.78 is 56.0. The van der Waals surface area contributed by atoms with Gasteiger partial charge in [0.15, 0.2) is 11.6 Å². The Bertz CT molecular complexity index is 1470.